The number of carbonyl (C=O) groups excluding carboxylic acids is 2. The second-order valence-electron chi connectivity index (χ2n) is 4.30. The van der Waals surface area contributed by atoms with Crippen LogP contribution in [0.1, 0.15) is 15.9 Å². The molecule has 1 aliphatic rings. The summed E-state index contributed by atoms with van der Waals surface area (Å²) in [6, 6.07) is 15.8. The first-order chi connectivity index (χ1) is 9.68. The number of hydrogen-bond donors (Lipinski definition) is 1. The van der Waals surface area contributed by atoms with Gasteiger partial charge in [0.2, 0.25) is 11.6 Å². The van der Waals surface area contributed by atoms with Gasteiger partial charge in [0.1, 0.15) is 10.7 Å². The van der Waals surface area contributed by atoms with Crippen LogP contribution >= 0.6 is 11.8 Å². The van der Waals surface area contributed by atoms with Crippen molar-refractivity contribution in [3.05, 3.63) is 70.6 Å². The first-order valence-corrected chi connectivity index (χ1v) is 6.84. The molecule has 0 saturated heterocycles. The average molecular weight is 282 g/mol. The summed E-state index contributed by atoms with van der Waals surface area (Å²) in [6.45, 7) is 0. The molecule has 1 N–H and O–H groups in total. The van der Waals surface area contributed by atoms with Crippen LogP contribution in [0.5, 0.6) is 0 Å². The molecule has 0 aromatic heterocycles. The lowest BCUT2D eigenvalue weighted by Gasteiger charge is -2.17. The Balaban J connectivity index is 2.10. The predicted molar refractivity (Wildman–Crippen MR) is 77.6 cm³/mol. The highest BCUT2D eigenvalue weighted by Gasteiger charge is 2.33. The van der Waals surface area contributed by atoms with E-state index in [1.807, 2.05) is 30.3 Å². The van der Waals surface area contributed by atoms with E-state index in [0.717, 1.165) is 16.7 Å². The van der Waals surface area contributed by atoms with Crippen LogP contribution in [-0.4, -0.2) is 16.7 Å². The average Bonchev–Trinajstić information content (AvgIpc) is 2.50. The van der Waals surface area contributed by atoms with Crippen molar-refractivity contribution < 1.29 is 14.7 Å². The number of Topliss-reactive ketones (excluding diaryl/α,β-unsaturated/α-hetero) is 2. The van der Waals surface area contributed by atoms with Crippen LogP contribution in [0.25, 0.3) is 5.76 Å². The number of hydrogen-bond acceptors (Lipinski definition) is 4. The van der Waals surface area contributed by atoms with Gasteiger partial charge in [-0.2, -0.15) is 0 Å². The fourth-order valence-electron chi connectivity index (χ4n) is 2.04. The molecule has 0 saturated carbocycles. The molecule has 0 bridgehead atoms. The molecule has 0 radical (unpaired) electrons. The molecule has 2 aromatic rings. The van der Waals surface area contributed by atoms with Crippen molar-refractivity contribution in [2.75, 3.05) is 0 Å². The first-order valence-electron chi connectivity index (χ1n) is 6.03. The Morgan fingerprint density at radius 3 is 2.05 bits per heavy atom. The maximum absolute atomic E-state index is 12.1. The summed E-state index contributed by atoms with van der Waals surface area (Å²) >= 11 is 1.11. The van der Waals surface area contributed by atoms with E-state index in [1.54, 1.807) is 24.3 Å². The molecule has 4 heteroatoms. The topological polar surface area (TPSA) is 54.4 Å². The molecule has 2 aromatic carbocycles. The molecule has 0 unspecified atom stereocenters. The standard InChI is InChI=1S/C16H10O3S/c17-13-11-8-4-5-9-12(11)14(18)16(15(13)19)20-10-6-2-1-3-7-10/h1-9,18H. The first kappa shape index (κ1) is 12.7. The smallest absolute Gasteiger partial charge is 0.243 e. The molecule has 0 heterocycles. The molecule has 1 aliphatic carbocycles. The number of thioether (sulfide) groups is 1. The van der Waals surface area contributed by atoms with Crippen molar-refractivity contribution in [1.29, 1.82) is 0 Å². The Hall–Kier alpha value is -2.33. The maximum Gasteiger partial charge on any atom is 0.243 e. The van der Waals surface area contributed by atoms with Gasteiger partial charge in [-0.3, -0.25) is 9.59 Å². The van der Waals surface area contributed by atoms with Gasteiger partial charge in [0.05, 0.1) is 0 Å². The minimum absolute atomic E-state index is 0.0832. The van der Waals surface area contributed by atoms with Crippen molar-refractivity contribution in [3.63, 3.8) is 0 Å². The van der Waals surface area contributed by atoms with E-state index in [1.165, 1.54) is 0 Å². The fraction of sp³-hybridized carbons (Fsp3) is 0. The van der Waals surface area contributed by atoms with E-state index >= 15 is 0 Å². The zero-order valence-electron chi connectivity index (χ0n) is 10.4. The Morgan fingerprint density at radius 2 is 1.35 bits per heavy atom. The van der Waals surface area contributed by atoms with Crippen LogP contribution in [0.3, 0.4) is 0 Å². The fourth-order valence-corrected chi connectivity index (χ4v) is 2.96. The van der Waals surface area contributed by atoms with Crippen molar-refractivity contribution in [2.24, 2.45) is 0 Å². The Labute approximate surface area is 119 Å². The summed E-state index contributed by atoms with van der Waals surface area (Å²) in [5.41, 5.74) is 0.669. The summed E-state index contributed by atoms with van der Waals surface area (Å²) in [7, 11) is 0. The molecule has 0 spiro atoms. The van der Waals surface area contributed by atoms with Gasteiger partial charge in [-0.05, 0) is 12.1 Å². The Bertz CT molecular complexity index is 732. The van der Waals surface area contributed by atoms with Crippen LogP contribution in [-0.2, 0) is 4.79 Å². The van der Waals surface area contributed by atoms with Gasteiger partial charge in [-0.15, -0.1) is 0 Å². The maximum atomic E-state index is 12.1. The Kier molecular flexibility index (Phi) is 3.16. The van der Waals surface area contributed by atoms with Crippen molar-refractivity contribution in [1.82, 2.24) is 0 Å². The van der Waals surface area contributed by atoms with Gasteiger partial charge in [0, 0.05) is 16.0 Å². The third-order valence-electron chi connectivity index (χ3n) is 3.02. The van der Waals surface area contributed by atoms with Gasteiger partial charge >= 0.3 is 0 Å². The summed E-state index contributed by atoms with van der Waals surface area (Å²) < 4.78 is 0. The zero-order valence-corrected chi connectivity index (χ0v) is 11.2. The van der Waals surface area contributed by atoms with Crippen LogP contribution in [0.4, 0.5) is 0 Å². The predicted octanol–water partition coefficient (Wildman–Crippen LogP) is 3.47. The van der Waals surface area contributed by atoms with Crippen LogP contribution in [0.15, 0.2) is 64.4 Å². The second kappa shape index (κ2) is 4.98. The number of benzene rings is 2. The number of rotatable bonds is 2. The minimum atomic E-state index is -0.657. The number of fused-ring (bicyclic) bond motifs is 1. The third kappa shape index (κ3) is 2.04. The molecule has 0 fully saturated rings. The molecular weight excluding hydrogens is 272 g/mol. The molecule has 0 amide bonds. The number of aliphatic hydroxyl groups is 1. The van der Waals surface area contributed by atoms with Gasteiger partial charge in [-0.25, -0.2) is 0 Å². The van der Waals surface area contributed by atoms with E-state index < -0.39 is 11.6 Å². The molecule has 0 aliphatic heterocycles. The molecule has 98 valence electrons. The highest BCUT2D eigenvalue weighted by Crippen LogP contribution is 2.37. The van der Waals surface area contributed by atoms with Gasteiger partial charge in [0.15, 0.2) is 0 Å². The quantitative estimate of drug-likeness (QED) is 0.857. The Morgan fingerprint density at radius 1 is 0.750 bits per heavy atom. The summed E-state index contributed by atoms with van der Waals surface area (Å²) in [5.74, 6) is -1.36. The van der Waals surface area contributed by atoms with E-state index in [4.69, 9.17) is 0 Å². The van der Waals surface area contributed by atoms with Crippen LogP contribution < -0.4 is 0 Å². The van der Waals surface area contributed by atoms with Crippen molar-refractivity contribution in [3.8, 4) is 0 Å². The lowest BCUT2D eigenvalue weighted by atomic mass is 9.94. The second-order valence-corrected chi connectivity index (χ2v) is 5.38. The molecule has 3 rings (SSSR count). The largest absolute Gasteiger partial charge is 0.506 e. The monoisotopic (exact) mass is 282 g/mol. The summed E-state index contributed by atoms with van der Waals surface area (Å²) in [5, 5.41) is 10.3. The SMILES string of the molecule is O=C1C(=O)c2ccccc2C(O)=C1Sc1ccccc1. The summed E-state index contributed by atoms with van der Waals surface area (Å²) in [4.78, 5) is 25.1. The van der Waals surface area contributed by atoms with E-state index in [-0.39, 0.29) is 16.2 Å². The lowest BCUT2D eigenvalue weighted by molar-refractivity contribution is -0.111. The minimum Gasteiger partial charge on any atom is -0.506 e. The lowest BCUT2D eigenvalue weighted by Crippen LogP contribution is -2.22. The van der Waals surface area contributed by atoms with Crippen molar-refractivity contribution in [2.45, 2.75) is 4.90 Å². The molecule has 3 nitrogen and oxygen atoms in total. The van der Waals surface area contributed by atoms with E-state index in [0.29, 0.717) is 5.56 Å². The van der Waals surface area contributed by atoms with Crippen LogP contribution in [0, 0.1) is 0 Å². The normalized spacial score (nSPS) is 14.4. The van der Waals surface area contributed by atoms with Gasteiger partial charge in [-0.1, -0.05) is 54.2 Å². The summed E-state index contributed by atoms with van der Waals surface area (Å²) in [6.07, 6.45) is 0. The number of allylic oxidation sites excluding steroid dienone is 1. The van der Waals surface area contributed by atoms with E-state index in [2.05, 4.69) is 0 Å². The molecular formula is C16H10O3S. The number of ketones is 2. The van der Waals surface area contributed by atoms with Gasteiger partial charge < -0.3 is 5.11 Å². The van der Waals surface area contributed by atoms with Gasteiger partial charge in [0.25, 0.3) is 0 Å². The number of carbonyl (C=O) groups is 2. The number of aliphatic hydroxyl groups excluding tert-OH is 1. The molecule has 0 atom stereocenters. The highest BCUT2D eigenvalue weighted by molar-refractivity contribution is 8.04. The third-order valence-corrected chi connectivity index (χ3v) is 4.11. The highest BCUT2D eigenvalue weighted by atomic mass is 32.2. The van der Waals surface area contributed by atoms with E-state index in [9.17, 15) is 14.7 Å². The molecule has 20 heavy (non-hydrogen) atoms. The van der Waals surface area contributed by atoms with Crippen molar-refractivity contribution >= 4 is 29.1 Å². The zero-order chi connectivity index (χ0) is 14.1. The van der Waals surface area contributed by atoms with Crippen LogP contribution in [0.2, 0.25) is 0 Å².